The molecule has 0 radical (unpaired) electrons. The summed E-state index contributed by atoms with van der Waals surface area (Å²) in [5.74, 6) is 0.800. The second-order valence-electron chi connectivity index (χ2n) is 4.61. The summed E-state index contributed by atoms with van der Waals surface area (Å²) >= 11 is 1.72. The van der Waals surface area contributed by atoms with Crippen molar-refractivity contribution < 1.29 is 0 Å². The van der Waals surface area contributed by atoms with Crippen molar-refractivity contribution in [3.63, 3.8) is 0 Å². The van der Waals surface area contributed by atoms with Crippen molar-refractivity contribution >= 4 is 41.3 Å². The number of hydrogen-bond acceptors (Lipinski definition) is 4. The van der Waals surface area contributed by atoms with E-state index in [1.165, 1.54) is 4.88 Å². The van der Waals surface area contributed by atoms with Gasteiger partial charge in [0.1, 0.15) is 0 Å². The Morgan fingerprint density at radius 3 is 2.68 bits per heavy atom. The number of halogens is 1. The van der Waals surface area contributed by atoms with Gasteiger partial charge in [-0.25, -0.2) is 9.98 Å². The summed E-state index contributed by atoms with van der Waals surface area (Å²) < 4.78 is 0. The van der Waals surface area contributed by atoms with Crippen molar-refractivity contribution in [2.45, 2.75) is 33.9 Å². The molecule has 0 spiro atoms. The molecule has 2 aromatic rings. The maximum absolute atomic E-state index is 4.55. The Morgan fingerprint density at radius 2 is 2.09 bits per heavy atom. The molecule has 0 saturated carbocycles. The summed E-state index contributed by atoms with van der Waals surface area (Å²) in [5, 5.41) is 7.68. The lowest BCUT2D eigenvalue weighted by Gasteiger charge is -2.10. The normalized spacial score (nSPS) is 11.0. The first kappa shape index (κ1) is 18.8. The van der Waals surface area contributed by atoms with Crippen LogP contribution in [0.2, 0.25) is 0 Å². The standard InChI is InChI=1S/C15H21N5S.HI/c1-4-16-15(18-9-13-7-5-6-8-17-13)19-10-14-11(2)20-12(3)21-14;/h5-8H,4,9-10H2,1-3H3,(H2,16,18,19);1H. The molecule has 0 aliphatic rings. The molecular weight excluding hydrogens is 409 g/mol. The van der Waals surface area contributed by atoms with Crippen LogP contribution in [0.15, 0.2) is 29.4 Å². The Kier molecular flexibility index (Phi) is 8.32. The van der Waals surface area contributed by atoms with E-state index in [0.717, 1.165) is 35.4 Å². The van der Waals surface area contributed by atoms with Crippen LogP contribution in [0.25, 0.3) is 0 Å². The number of aromatic nitrogens is 2. The molecule has 7 heteroatoms. The van der Waals surface area contributed by atoms with Gasteiger partial charge in [0.25, 0.3) is 0 Å². The highest BCUT2D eigenvalue weighted by Gasteiger charge is 2.05. The minimum Gasteiger partial charge on any atom is -0.357 e. The number of nitrogens with one attached hydrogen (secondary N) is 2. The molecule has 0 fully saturated rings. The van der Waals surface area contributed by atoms with Gasteiger partial charge in [-0.05, 0) is 32.9 Å². The molecule has 2 heterocycles. The Hall–Kier alpha value is -1.22. The van der Waals surface area contributed by atoms with Crippen LogP contribution < -0.4 is 10.6 Å². The Bertz CT molecular complexity index is 597. The molecule has 2 rings (SSSR count). The predicted octanol–water partition coefficient (Wildman–Crippen LogP) is 3.03. The summed E-state index contributed by atoms with van der Waals surface area (Å²) in [6, 6.07) is 5.86. The van der Waals surface area contributed by atoms with E-state index < -0.39 is 0 Å². The molecule has 5 nitrogen and oxygen atoms in total. The Morgan fingerprint density at radius 1 is 1.27 bits per heavy atom. The fourth-order valence-electron chi connectivity index (χ4n) is 1.89. The van der Waals surface area contributed by atoms with Crippen molar-refractivity contribution in [3.05, 3.63) is 45.7 Å². The third-order valence-electron chi connectivity index (χ3n) is 2.89. The summed E-state index contributed by atoms with van der Waals surface area (Å²) in [6.45, 7) is 8.26. The third-order valence-corrected chi connectivity index (χ3v) is 3.96. The summed E-state index contributed by atoms with van der Waals surface area (Å²) in [5.41, 5.74) is 2.05. The van der Waals surface area contributed by atoms with E-state index in [9.17, 15) is 0 Å². The predicted molar refractivity (Wildman–Crippen MR) is 103 cm³/mol. The van der Waals surface area contributed by atoms with Crippen LogP contribution in [0.3, 0.4) is 0 Å². The second-order valence-corrected chi connectivity index (χ2v) is 5.90. The Labute approximate surface area is 152 Å². The van der Waals surface area contributed by atoms with Crippen LogP contribution in [0.4, 0.5) is 0 Å². The minimum absolute atomic E-state index is 0. The summed E-state index contributed by atoms with van der Waals surface area (Å²) in [6.07, 6.45) is 1.79. The lowest BCUT2D eigenvalue weighted by Crippen LogP contribution is -2.36. The zero-order valence-electron chi connectivity index (χ0n) is 13.1. The highest BCUT2D eigenvalue weighted by atomic mass is 127. The van der Waals surface area contributed by atoms with Crippen LogP contribution in [0.5, 0.6) is 0 Å². The molecule has 0 amide bonds. The molecule has 2 N–H and O–H groups in total. The van der Waals surface area contributed by atoms with E-state index in [-0.39, 0.29) is 24.0 Å². The minimum atomic E-state index is 0. The molecule has 0 atom stereocenters. The number of guanidine groups is 1. The van der Waals surface area contributed by atoms with Crippen molar-refractivity contribution in [1.82, 2.24) is 20.6 Å². The van der Waals surface area contributed by atoms with Gasteiger partial charge in [0.05, 0.1) is 29.5 Å². The van der Waals surface area contributed by atoms with Crippen LogP contribution in [-0.4, -0.2) is 22.5 Å². The zero-order chi connectivity index (χ0) is 15.1. The van der Waals surface area contributed by atoms with Crippen LogP contribution in [0.1, 0.15) is 28.2 Å². The fourth-order valence-corrected chi connectivity index (χ4v) is 2.77. The maximum Gasteiger partial charge on any atom is 0.191 e. The number of rotatable bonds is 5. The largest absolute Gasteiger partial charge is 0.357 e. The van der Waals surface area contributed by atoms with E-state index in [1.54, 1.807) is 17.5 Å². The van der Waals surface area contributed by atoms with Crippen LogP contribution in [0, 0.1) is 13.8 Å². The highest BCUT2D eigenvalue weighted by molar-refractivity contribution is 14.0. The molecule has 120 valence electrons. The van der Waals surface area contributed by atoms with Gasteiger partial charge < -0.3 is 10.6 Å². The van der Waals surface area contributed by atoms with Crippen molar-refractivity contribution in [2.75, 3.05) is 6.54 Å². The maximum atomic E-state index is 4.55. The number of nitrogens with zero attached hydrogens (tertiary/aromatic N) is 3. The number of pyridine rings is 1. The summed E-state index contributed by atoms with van der Waals surface area (Å²) in [4.78, 5) is 14.5. The first-order valence-corrected chi connectivity index (χ1v) is 7.85. The third kappa shape index (κ3) is 5.88. The van der Waals surface area contributed by atoms with E-state index in [4.69, 9.17) is 0 Å². The second kappa shape index (κ2) is 9.73. The Balaban J connectivity index is 0.00000242. The van der Waals surface area contributed by atoms with Gasteiger partial charge in [0.2, 0.25) is 0 Å². The first-order valence-electron chi connectivity index (χ1n) is 7.04. The summed E-state index contributed by atoms with van der Waals surface area (Å²) in [7, 11) is 0. The number of thiazole rings is 1. The molecule has 0 aromatic carbocycles. The van der Waals surface area contributed by atoms with E-state index in [0.29, 0.717) is 6.54 Å². The topological polar surface area (TPSA) is 62.2 Å². The van der Waals surface area contributed by atoms with Gasteiger partial charge in [-0.2, -0.15) is 0 Å². The molecular formula is C15H22IN5S. The van der Waals surface area contributed by atoms with Gasteiger partial charge in [-0.15, -0.1) is 35.3 Å². The molecule has 0 bridgehead atoms. The quantitative estimate of drug-likeness (QED) is 0.434. The van der Waals surface area contributed by atoms with Crippen molar-refractivity contribution in [1.29, 1.82) is 0 Å². The average Bonchev–Trinajstić information content (AvgIpc) is 2.81. The smallest absolute Gasteiger partial charge is 0.191 e. The molecule has 0 unspecified atom stereocenters. The van der Waals surface area contributed by atoms with E-state index >= 15 is 0 Å². The van der Waals surface area contributed by atoms with E-state index in [2.05, 4.69) is 32.5 Å². The molecule has 0 aliphatic heterocycles. The van der Waals surface area contributed by atoms with Gasteiger partial charge >= 0.3 is 0 Å². The molecule has 0 saturated heterocycles. The molecule has 22 heavy (non-hydrogen) atoms. The van der Waals surface area contributed by atoms with Crippen molar-refractivity contribution in [3.8, 4) is 0 Å². The lowest BCUT2D eigenvalue weighted by atomic mass is 10.3. The van der Waals surface area contributed by atoms with Gasteiger partial charge in [-0.1, -0.05) is 6.07 Å². The van der Waals surface area contributed by atoms with Gasteiger partial charge in [0, 0.05) is 17.6 Å². The highest BCUT2D eigenvalue weighted by Crippen LogP contribution is 2.16. The molecule has 2 aromatic heterocycles. The van der Waals surface area contributed by atoms with Gasteiger partial charge in [0.15, 0.2) is 5.96 Å². The first-order chi connectivity index (χ1) is 10.2. The number of aliphatic imine (C=N–C) groups is 1. The SMILES string of the molecule is CCNC(=NCc1ccccn1)NCc1sc(C)nc1C.I. The van der Waals surface area contributed by atoms with Gasteiger partial charge in [-0.3, -0.25) is 4.98 Å². The lowest BCUT2D eigenvalue weighted by molar-refractivity contribution is 0.814. The fraction of sp³-hybridized carbons (Fsp3) is 0.400. The van der Waals surface area contributed by atoms with E-state index in [1.807, 2.05) is 32.0 Å². The van der Waals surface area contributed by atoms with Crippen molar-refractivity contribution in [2.24, 2.45) is 4.99 Å². The monoisotopic (exact) mass is 431 g/mol. The number of aryl methyl sites for hydroxylation is 2. The average molecular weight is 431 g/mol. The van der Waals surface area contributed by atoms with Crippen LogP contribution >= 0.6 is 35.3 Å². The van der Waals surface area contributed by atoms with Crippen LogP contribution in [-0.2, 0) is 13.1 Å². The zero-order valence-corrected chi connectivity index (χ0v) is 16.2. The number of hydrogen-bond donors (Lipinski definition) is 2. The molecule has 0 aliphatic carbocycles.